The molecule has 0 aromatic heterocycles. The molecule has 1 spiro atoms. The molecule has 1 saturated heterocycles. The second-order valence-electron chi connectivity index (χ2n) is 5.37. The molecule has 1 aliphatic carbocycles. The first-order valence-corrected chi connectivity index (χ1v) is 7.16. The standard InChI is InChI=1S/C14H26O2/c1-2-3-4-5-6-9-13-12-15-14(16-13)10-7-8-11-14/h13H,2-12H2,1H3. The first-order chi connectivity index (χ1) is 7.85. The molecule has 2 rings (SSSR count). The van der Waals surface area contributed by atoms with Crippen LogP contribution < -0.4 is 0 Å². The van der Waals surface area contributed by atoms with Crippen LogP contribution >= 0.6 is 0 Å². The summed E-state index contributed by atoms with van der Waals surface area (Å²) in [6.45, 7) is 3.10. The Morgan fingerprint density at radius 3 is 2.56 bits per heavy atom. The molecule has 0 amide bonds. The Bertz CT molecular complexity index is 197. The summed E-state index contributed by atoms with van der Waals surface area (Å²) < 4.78 is 12.0. The third-order valence-corrected chi connectivity index (χ3v) is 3.91. The monoisotopic (exact) mass is 226 g/mol. The second-order valence-corrected chi connectivity index (χ2v) is 5.37. The van der Waals surface area contributed by atoms with Crippen LogP contribution in [0.15, 0.2) is 0 Å². The fraction of sp³-hybridized carbons (Fsp3) is 1.00. The van der Waals surface area contributed by atoms with E-state index < -0.39 is 0 Å². The maximum absolute atomic E-state index is 6.09. The highest BCUT2D eigenvalue weighted by molar-refractivity contribution is 4.83. The van der Waals surface area contributed by atoms with Crippen molar-refractivity contribution in [3.8, 4) is 0 Å². The van der Waals surface area contributed by atoms with E-state index in [2.05, 4.69) is 6.92 Å². The van der Waals surface area contributed by atoms with E-state index in [-0.39, 0.29) is 5.79 Å². The van der Waals surface area contributed by atoms with Crippen molar-refractivity contribution in [1.82, 2.24) is 0 Å². The van der Waals surface area contributed by atoms with Crippen molar-refractivity contribution in [2.24, 2.45) is 0 Å². The van der Waals surface area contributed by atoms with Crippen LogP contribution in [0.4, 0.5) is 0 Å². The molecule has 0 aromatic carbocycles. The summed E-state index contributed by atoms with van der Waals surface area (Å²) in [5.74, 6) is -0.145. The minimum Gasteiger partial charge on any atom is -0.347 e. The molecule has 0 N–H and O–H groups in total. The number of hydrogen-bond acceptors (Lipinski definition) is 2. The second kappa shape index (κ2) is 6.02. The minimum absolute atomic E-state index is 0.145. The van der Waals surface area contributed by atoms with E-state index >= 15 is 0 Å². The maximum atomic E-state index is 6.09. The van der Waals surface area contributed by atoms with Gasteiger partial charge in [0.1, 0.15) is 0 Å². The third-order valence-electron chi connectivity index (χ3n) is 3.91. The lowest BCUT2D eigenvalue weighted by atomic mass is 10.1. The Labute approximate surface area is 99.7 Å². The van der Waals surface area contributed by atoms with Crippen LogP contribution in [0.1, 0.15) is 71.1 Å². The van der Waals surface area contributed by atoms with Crippen molar-refractivity contribution >= 4 is 0 Å². The molecular weight excluding hydrogens is 200 g/mol. The van der Waals surface area contributed by atoms with Gasteiger partial charge in [0.15, 0.2) is 5.79 Å². The van der Waals surface area contributed by atoms with Crippen LogP contribution in [0.5, 0.6) is 0 Å². The molecule has 2 heteroatoms. The van der Waals surface area contributed by atoms with Gasteiger partial charge in [0.2, 0.25) is 0 Å². The first-order valence-electron chi connectivity index (χ1n) is 7.16. The van der Waals surface area contributed by atoms with E-state index in [4.69, 9.17) is 9.47 Å². The molecule has 16 heavy (non-hydrogen) atoms. The van der Waals surface area contributed by atoms with Crippen molar-refractivity contribution < 1.29 is 9.47 Å². The molecule has 1 saturated carbocycles. The molecule has 0 aromatic rings. The molecular formula is C14H26O2. The van der Waals surface area contributed by atoms with Gasteiger partial charge in [-0.05, 0) is 19.3 Å². The quantitative estimate of drug-likeness (QED) is 0.637. The molecule has 1 atom stereocenters. The number of ether oxygens (including phenoxy) is 2. The van der Waals surface area contributed by atoms with Crippen LogP contribution in [0.3, 0.4) is 0 Å². The van der Waals surface area contributed by atoms with E-state index in [0.717, 1.165) is 19.4 Å². The Balaban J connectivity index is 1.58. The number of rotatable bonds is 6. The van der Waals surface area contributed by atoms with Gasteiger partial charge in [-0.25, -0.2) is 0 Å². The van der Waals surface area contributed by atoms with Gasteiger partial charge in [-0.3, -0.25) is 0 Å². The van der Waals surface area contributed by atoms with Gasteiger partial charge >= 0.3 is 0 Å². The lowest BCUT2D eigenvalue weighted by Gasteiger charge is -2.21. The highest BCUT2D eigenvalue weighted by Gasteiger charge is 2.43. The van der Waals surface area contributed by atoms with E-state index in [9.17, 15) is 0 Å². The lowest BCUT2D eigenvalue weighted by Crippen LogP contribution is -2.26. The fourth-order valence-corrected chi connectivity index (χ4v) is 2.91. The maximum Gasteiger partial charge on any atom is 0.168 e. The van der Waals surface area contributed by atoms with Crippen molar-refractivity contribution in [2.45, 2.75) is 83.0 Å². The molecule has 1 unspecified atom stereocenters. The molecule has 2 fully saturated rings. The Kier molecular flexibility index (Phi) is 4.66. The van der Waals surface area contributed by atoms with Gasteiger partial charge in [0.05, 0.1) is 12.7 Å². The van der Waals surface area contributed by atoms with Gasteiger partial charge in [-0.15, -0.1) is 0 Å². The summed E-state index contributed by atoms with van der Waals surface area (Å²) in [5.41, 5.74) is 0. The lowest BCUT2D eigenvalue weighted by molar-refractivity contribution is -0.162. The summed E-state index contributed by atoms with van der Waals surface area (Å²) in [5, 5.41) is 0. The number of unbranched alkanes of at least 4 members (excludes halogenated alkanes) is 4. The molecule has 1 aliphatic heterocycles. The average Bonchev–Trinajstić information content (AvgIpc) is 2.90. The normalized spacial score (nSPS) is 27.9. The van der Waals surface area contributed by atoms with Crippen LogP contribution in [-0.2, 0) is 9.47 Å². The van der Waals surface area contributed by atoms with E-state index in [1.54, 1.807) is 0 Å². The zero-order chi connectivity index (χ0) is 11.3. The van der Waals surface area contributed by atoms with Crippen molar-refractivity contribution in [3.63, 3.8) is 0 Å². The Morgan fingerprint density at radius 2 is 1.81 bits per heavy atom. The smallest absolute Gasteiger partial charge is 0.168 e. The van der Waals surface area contributed by atoms with Crippen LogP contribution in [0.25, 0.3) is 0 Å². The summed E-state index contributed by atoms with van der Waals surface area (Å²) in [4.78, 5) is 0. The molecule has 1 heterocycles. The van der Waals surface area contributed by atoms with Gasteiger partial charge < -0.3 is 9.47 Å². The van der Waals surface area contributed by atoms with Crippen LogP contribution in [0, 0.1) is 0 Å². The molecule has 2 nitrogen and oxygen atoms in total. The summed E-state index contributed by atoms with van der Waals surface area (Å²) >= 11 is 0. The third kappa shape index (κ3) is 3.21. The molecule has 94 valence electrons. The van der Waals surface area contributed by atoms with Crippen LogP contribution in [-0.4, -0.2) is 18.5 Å². The van der Waals surface area contributed by atoms with Crippen LogP contribution in [0.2, 0.25) is 0 Å². The Morgan fingerprint density at radius 1 is 1.06 bits per heavy atom. The number of hydrogen-bond donors (Lipinski definition) is 0. The van der Waals surface area contributed by atoms with Gasteiger partial charge in [0, 0.05) is 12.8 Å². The fourth-order valence-electron chi connectivity index (χ4n) is 2.91. The van der Waals surface area contributed by atoms with Gasteiger partial charge in [0.25, 0.3) is 0 Å². The molecule has 0 radical (unpaired) electrons. The zero-order valence-corrected chi connectivity index (χ0v) is 10.7. The summed E-state index contributed by atoms with van der Waals surface area (Å²) in [7, 11) is 0. The highest BCUT2D eigenvalue weighted by Crippen LogP contribution is 2.40. The van der Waals surface area contributed by atoms with Crippen molar-refractivity contribution in [3.05, 3.63) is 0 Å². The largest absolute Gasteiger partial charge is 0.347 e. The molecule has 2 aliphatic rings. The predicted molar refractivity (Wildman–Crippen MR) is 65.4 cm³/mol. The summed E-state index contributed by atoms with van der Waals surface area (Å²) in [6.07, 6.45) is 13.2. The van der Waals surface area contributed by atoms with Gasteiger partial charge in [-0.2, -0.15) is 0 Å². The zero-order valence-electron chi connectivity index (χ0n) is 10.7. The topological polar surface area (TPSA) is 18.5 Å². The van der Waals surface area contributed by atoms with E-state index in [0.29, 0.717) is 6.10 Å². The molecule has 0 bridgehead atoms. The SMILES string of the molecule is CCCCCCCC1COC2(CCCC2)O1. The highest BCUT2D eigenvalue weighted by atomic mass is 16.7. The van der Waals surface area contributed by atoms with Crippen molar-refractivity contribution in [2.75, 3.05) is 6.61 Å². The first kappa shape index (κ1) is 12.4. The van der Waals surface area contributed by atoms with E-state index in [1.807, 2.05) is 0 Å². The summed E-state index contributed by atoms with van der Waals surface area (Å²) in [6, 6.07) is 0. The van der Waals surface area contributed by atoms with Crippen molar-refractivity contribution in [1.29, 1.82) is 0 Å². The predicted octanol–water partition coefficient (Wildman–Crippen LogP) is 4.03. The van der Waals surface area contributed by atoms with Gasteiger partial charge in [-0.1, -0.05) is 39.0 Å². The minimum atomic E-state index is -0.145. The van der Waals surface area contributed by atoms with E-state index in [1.165, 1.54) is 51.4 Å². The Hall–Kier alpha value is -0.0800. The average molecular weight is 226 g/mol.